The number of aromatic carboxylic acids is 1. The zero-order valence-corrected chi connectivity index (χ0v) is 8.14. The van der Waals surface area contributed by atoms with E-state index in [-0.39, 0.29) is 17.3 Å². The lowest BCUT2D eigenvalue weighted by Gasteiger charge is -2.06. The van der Waals surface area contributed by atoms with Crippen LogP contribution in [0.2, 0.25) is 0 Å². The van der Waals surface area contributed by atoms with Crippen LogP contribution in [-0.2, 0) is 4.79 Å². The van der Waals surface area contributed by atoms with Gasteiger partial charge in [0.15, 0.2) is 0 Å². The fraction of sp³-hybridized carbons (Fsp3) is 0.364. The van der Waals surface area contributed by atoms with Crippen molar-refractivity contribution in [3.8, 4) is 0 Å². The quantitative estimate of drug-likeness (QED) is 0.796. The van der Waals surface area contributed by atoms with Crippen LogP contribution in [0.15, 0.2) is 18.3 Å². The van der Waals surface area contributed by atoms with Gasteiger partial charge in [-0.15, -0.1) is 0 Å². The van der Waals surface area contributed by atoms with E-state index in [0.29, 0.717) is 12.1 Å². The number of carbonyl (C=O) groups excluding carboxylic acids is 1. The van der Waals surface area contributed by atoms with Crippen LogP contribution in [-0.4, -0.2) is 21.8 Å². The highest BCUT2D eigenvalue weighted by Gasteiger charge is 2.26. The van der Waals surface area contributed by atoms with Crippen LogP contribution in [0.4, 0.5) is 0 Å². The maximum absolute atomic E-state index is 11.4. The Labute approximate surface area is 87.0 Å². The first-order chi connectivity index (χ1) is 7.18. The summed E-state index contributed by atoms with van der Waals surface area (Å²) in [6.07, 6.45) is 3.67. The van der Waals surface area contributed by atoms with Crippen LogP contribution in [0.3, 0.4) is 0 Å². The first kappa shape index (κ1) is 9.83. The molecule has 0 saturated heterocycles. The third-order valence-corrected chi connectivity index (χ3v) is 2.69. The third kappa shape index (κ3) is 1.88. The largest absolute Gasteiger partial charge is 0.478 e. The Balaban J connectivity index is 2.23. The Morgan fingerprint density at radius 2 is 2.27 bits per heavy atom. The molecule has 1 aromatic heterocycles. The highest BCUT2D eigenvalue weighted by molar-refractivity contribution is 5.88. The van der Waals surface area contributed by atoms with Crippen molar-refractivity contribution >= 4 is 11.8 Å². The molecule has 78 valence electrons. The highest BCUT2D eigenvalue weighted by atomic mass is 16.4. The van der Waals surface area contributed by atoms with Crippen molar-refractivity contribution in [2.24, 2.45) is 0 Å². The molecule has 1 aliphatic carbocycles. The van der Waals surface area contributed by atoms with Gasteiger partial charge in [-0.05, 0) is 25.0 Å². The van der Waals surface area contributed by atoms with Gasteiger partial charge in [0.2, 0.25) is 0 Å². The normalized spacial score (nSPS) is 20.5. The molecular formula is C11H11NO3. The van der Waals surface area contributed by atoms with Crippen molar-refractivity contribution in [2.75, 3.05) is 0 Å². The molecule has 0 spiro atoms. The maximum atomic E-state index is 11.4. The van der Waals surface area contributed by atoms with Gasteiger partial charge in [0.05, 0.1) is 17.2 Å². The minimum absolute atomic E-state index is 0.118. The van der Waals surface area contributed by atoms with E-state index in [4.69, 9.17) is 5.11 Å². The van der Waals surface area contributed by atoms with Gasteiger partial charge in [-0.3, -0.25) is 9.78 Å². The number of nitrogens with zero attached hydrogens (tertiary/aromatic N) is 1. The van der Waals surface area contributed by atoms with Crippen molar-refractivity contribution in [1.82, 2.24) is 4.98 Å². The number of carboxylic acid groups (broad SMARTS) is 1. The van der Waals surface area contributed by atoms with E-state index < -0.39 is 5.97 Å². The van der Waals surface area contributed by atoms with Crippen molar-refractivity contribution in [3.05, 3.63) is 29.6 Å². The summed E-state index contributed by atoms with van der Waals surface area (Å²) in [7, 11) is 0. The molecule has 0 amide bonds. The fourth-order valence-corrected chi connectivity index (χ4v) is 1.87. The van der Waals surface area contributed by atoms with Crippen molar-refractivity contribution in [3.63, 3.8) is 0 Å². The summed E-state index contributed by atoms with van der Waals surface area (Å²) in [5.41, 5.74) is 0.853. The van der Waals surface area contributed by atoms with E-state index in [1.807, 2.05) is 0 Å². The van der Waals surface area contributed by atoms with E-state index in [1.165, 1.54) is 12.3 Å². The van der Waals surface area contributed by atoms with E-state index in [2.05, 4.69) is 4.98 Å². The number of rotatable bonds is 2. The van der Waals surface area contributed by atoms with Crippen molar-refractivity contribution in [1.29, 1.82) is 0 Å². The van der Waals surface area contributed by atoms with Gasteiger partial charge in [0, 0.05) is 12.6 Å². The van der Waals surface area contributed by atoms with Crippen LogP contribution in [0.25, 0.3) is 0 Å². The zero-order valence-electron chi connectivity index (χ0n) is 8.14. The van der Waals surface area contributed by atoms with Crippen molar-refractivity contribution < 1.29 is 14.7 Å². The predicted octanol–water partition coefficient (Wildman–Crippen LogP) is 1.62. The molecule has 1 heterocycles. The Morgan fingerprint density at radius 3 is 2.73 bits per heavy atom. The lowest BCUT2D eigenvalue weighted by atomic mass is 10.0. The van der Waals surface area contributed by atoms with Crippen LogP contribution >= 0.6 is 0 Å². The average Bonchev–Trinajstić information content (AvgIpc) is 2.65. The molecule has 2 rings (SSSR count). The van der Waals surface area contributed by atoms with Crippen LogP contribution < -0.4 is 0 Å². The first-order valence-corrected chi connectivity index (χ1v) is 4.90. The molecule has 4 heteroatoms. The number of pyridine rings is 1. The molecule has 1 atom stereocenters. The molecule has 0 unspecified atom stereocenters. The molecule has 0 aliphatic heterocycles. The summed E-state index contributed by atoms with van der Waals surface area (Å²) >= 11 is 0. The molecule has 0 bridgehead atoms. The van der Waals surface area contributed by atoms with Gasteiger partial charge < -0.3 is 5.11 Å². The second-order valence-electron chi connectivity index (χ2n) is 3.69. The Morgan fingerprint density at radius 1 is 1.47 bits per heavy atom. The van der Waals surface area contributed by atoms with Gasteiger partial charge in [-0.2, -0.15) is 0 Å². The first-order valence-electron chi connectivity index (χ1n) is 4.90. The van der Waals surface area contributed by atoms with E-state index in [1.54, 1.807) is 6.07 Å². The average molecular weight is 205 g/mol. The van der Waals surface area contributed by atoms with Crippen LogP contribution in [0.1, 0.15) is 41.2 Å². The standard InChI is InChI=1S/C11H11NO3/c13-10-3-1-2-8(10)9-5-4-7(6-12-9)11(14)15/h4-6,8H,1-3H2,(H,14,15)/t8-/m0/s1. The molecule has 0 radical (unpaired) electrons. The summed E-state index contributed by atoms with van der Waals surface area (Å²) in [4.78, 5) is 26.1. The number of carboxylic acids is 1. The van der Waals surface area contributed by atoms with Crippen LogP contribution in [0, 0.1) is 0 Å². The van der Waals surface area contributed by atoms with Gasteiger partial charge in [0.1, 0.15) is 5.78 Å². The summed E-state index contributed by atoms with van der Waals surface area (Å²) in [6, 6.07) is 3.13. The Bertz CT molecular complexity index is 397. The number of hydrogen-bond donors (Lipinski definition) is 1. The van der Waals surface area contributed by atoms with Gasteiger partial charge in [-0.1, -0.05) is 0 Å². The van der Waals surface area contributed by atoms with E-state index >= 15 is 0 Å². The van der Waals surface area contributed by atoms with Gasteiger partial charge in [-0.25, -0.2) is 4.79 Å². The Kier molecular flexibility index (Phi) is 2.49. The molecule has 1 aromatic rings. The number of carbonyl (C=O) groups is 2. The summed E-state index contributed by atoms with van der Waals surface area (Å²) in [5.74, 6) is -0.898. The topological polar surface area (TPSA) is 67.3 Å². The van der Waals surface area contributed by atoms with Crippen LogP contribution in [0.5, 0.6) is 0 Å². The lowest BCUT2D eigenvalue weighted by Crippen LogP contribution is -2.07. The minimum atomic E-state index is -0.994. The number of hydrogen-bond acceptors (Lipinski definition) is 3. The molecule has 1 fully saturated rings. The smallest absolute Gasteiger partial charge is 0.337 e. The van der Waals surface area contributed by atoms with E-state index in [0.717, 1.165) is 12.8 Å². The molecule has 1 saturated carbocycles. The SMILES string of the molecule is O=C(O)c1ccc([C@@H]2CCCC2=O)nc1. The molecular weight excluding hydrogens is 194 g/mol. The third-order valence-electron chi connectivity index (χ3n) is 2.69. The molecule has 4 nitrogen and oxygen atoms in total. The molecule has 1 aliphatic rings. The van der Waals surface area contributed by atoms with Gasteiger partial charge in [0.25, 0.3) is 0 Å². The lowest BCUT2D eigenvalue weighted by molar-refractivity contribution is -0.118. The second kappa shape index (κ2) is 3.81. The van der Waals surface area contributed by atoms with Crippen molar-refractivity contribution in [2.45, 2.75) is 25.2 Å². The highest BCUT2D eigenvalue weighted by Crippen LogP contribution is 2.29. The van der Waals surface area contributed by atoms with Gasteiger partial charge >= 0.3 is 5.97 Å². The minimum Gasteiger partial charge on any atom is -0.478 e. The number of Topliss-reactive ketones (excluding diaryl/α,β-unsaturated/α-hetero) is 1. The monoisotopic (exact) mass is 205 g/mol. The number of ketones is 1. The molecule has 15 heavy (non-hydrogen) atoms. The molecule has 0 aromatic carbocycles. The Hall–Kier alpha value is -1.71. The fourth-order valence-electron chi connectivity index (χ4n) is 1.87. The zero-order chi connectivity index (χ0) is 10.8. The molecule has 1 N–H and O–H groups in total. The summed E-state index contributed by atoms with van der Waals surface area (Å²) in [5, 5.41) is 8.69. The summed E-state index contributed by atoms with van der Waals surface area (Å²) in [6.45, 7) is 0. The maximum Gasteiger partial charge on any atom is 0.337 e. The summed E-state index contributed by atoms with van der Waals surface area (Å²) < 4.78 is 0. The van der Waals surface area contributed by atoms with E-state index in [9.17, 15) is 9.59 Å². The second-order valence-corrected chi connectivity index (χ2v) is 3.69. The number of aromatic nitrogens is 1. The predicted molar refractivity (Wildman–Crippen MR) is 52.8 cm³/mol.